The SMILES string of the molecule is O=S(=O)(c1cc(Br)cnc1Cl)N1CC[C@@H](O)C1. The van der Waals surface area contributed by atoms with Crippen molar-refractivity contribution in [2.75, 3.05) is 13.1 Å². The molecule has 1 N–H and O–H groups in total. The molecule has 8 heteroatoms. The van der Waals surface area contributed by atoms with E-state index in [0.717, 1.165) is 0 Å². The summed E-state index contributed by atoms with van der Waals surface area (Å²) in [6.07, 6.45) is 1.27. The van der Waals surface area contributed by atoms with Crippen LogP contribution in [0.3, 0.4) is 0 Å². The molecule has 0 unspecified atom stereocenters. The van der Waals surface area contributed by atoms with E-state index in [9.17, 15) is 13.5 Å². The molecule has 5 nitrogen and oxygen atoms in total. The highest BCUT2D eigenvalue weighted by molar-refractivity contribution is 9.10. The molecule has 2 heterocycles. The number of hydrogen-bond acceptors (Lipinski definition) is 4. The standard InChI is InChI=1S/C9H10BrClN2O3S/c10-6-3-8(9(11)12-4-6)17(15,16)13-2-1-7(14)5-13/h3-4,7,14H,1-2,5H2/t7-/m1/s1. The molecule has 1 aliphatic rings. The summed E-state index contributed by atoms with van der Waals surface area (Å²) in [6, 6.07) is 1.41. The first kappa shape index (κ1) is 13.2. The zero-order valence-electron chi connectivity index (χ0n) is 8.68. The van der Waals surface area contributed by atoms with Crippen LogP contribution in [0, 0.1) is 0 Å². The van der Waals surface area contributed by atoms with E-state index in [4.69, 9.17) is 11.6 Å². The molecule has 0 amide bonds. The normalized spacial score (nSPS) is 21.9. The van der Waals surface area contributed by atoms with Crippen molar-refractivity contribution in [3.63, 3.8) is 0 Å². The average Bonchev–Trinajstić information content (AvgIpc) is 2.69. The number of pyridine rings is 1. The Morgan fingerprint density at radius 3 is 2.88 bits per heavy atom. The fourth-order valence-electron chi connectivity index (χ4n) is 1.65. The van der Waals surface area contributed by atoms with E-state index >= 15 is 0 Å². The monoisotopic (exact) mass is 340 g/mol. The van der Waals surface area contributed by atoms with Gasteiger partial charge in [0, 0.05) is 23.8 Å². The molecule has 0 saturated carbocycles. The highest BCUT2D eigenvalue weighted by atomic mass is 79.9. The lowest BCUT2D eigenvalue weighted by atomic mass is 10.3. The predicted octanol–water partition coefficient (Wildman–Crippen LogP) is 1.25. The molecule has 94 valence electrons. The number of hydrogen-bond donors (Lipinski definition) is 1. The summed E-state index contributed by atoms with van der Waals surface area (Å²) in [5.74, 6) is 0. The molecule has 2 rings (SSSR count). The average molecular weight is 342 g/mol. The number of rotatable bonds is 2. The first-order valence-corrected chi connectivity index (χ1v) is 7.51. The van der Waals surface area contributed by atoms with Crippen molar-refractivity contribution in [2.24, 2.45) is 0 Å². The second-order valence-corrected chi connectivity index (χ2v) is 6.93. The number of aromatic nitrogens is 1. The first-order chi connectivity index (χ1) is 7.91. The molecule has 0 spiro atoms. The van der Waals surface area contributed by atoms with Crippen LogP contribution in [-0.2, 0) is 10.0 Å². The molecule has 1 aromatic heterocycles. The Bertz CT molecular complexity index is 537. The van der Waals surface area contributed by atoms with Gasteiger partial charge in [0.1, 0.15) is 10.0 Å². The van der Waals surface area contributed by atoms with Crippen molar-refractivity contribution in [1.29, 1.82) is 0 Å². The largest absolute Gasteiger partial charge is 0.392 e. The summed E-state index contributed by atoms with van der Waals surface area (Å²) in [6.45, 7) is 0.400. The Labute approximate surface area is 113 Å². The third-order valence-corrected chi connectivity index (χ3v) is 5.24. The van der Waals surface area contributed by atoms with Crippen molar-refractivity contribution >= 4 is 37.6 Å². The van der Waals surface area contributed by atoms with Crippen LogP contribution in [0.5, 0.6) is 0 Å². The van der Waals surface area contributed by atoms with Gasteiger partial charge in [-0.3, -0.25) is 0 Å². The minimum atomic E-state index is -3.68. The van der Waals surface area contributed by atoms with Gasteiger partial charge in [-0.05, 0) is 28.4 Å². The highest BCUT2D eigenvalue weighted by Crippen LogP contribution is 2.27. The summed E-state index contributed by atoms with van der Waals surface area (Å²) < 4.78 is 26.2. The Hall–Kier alpha value is -0.210. The van der Waals surface area contributed by atoms with Crippen LogP contribution in [0.15, 0.2) is 21.6 Å². The highest BCUT2D eigenvalue weighted by Gasteiger charge is 2.33. The van der Waals surface area contributed by atoms with E-state index in [1.807, 2.05) is 0 Å². The molecule has 1 aromatic rings. The lowest BCUT2D eigenvalue weighted by molar-refractivity contribution is 0.189. The number of aliphatic hydroxyl groups is 1. The van der Waals surface area contributed by atoms with Crippen molar-refractivity contribution in [1.82, 2.24) is 9.29 Å². The number of sulfonamides is 1. The smallest absolute Gasteiger partial charge is 0.246 e. The number of aliphatic hydroxyl groups excluding tert-OH is 1. The molecule has 1 aliphatic heterocycles. The molecule has 17 heavy (non-hydrogen) atoms. The first-order valence-electron chi connectivity index (χ1n) is 4.90. The maximum Gasteiger partial charge on any atom is 0.246 e. The van der Waals surface area contributed by atoms with Gasteiger partial charge in [-0.15, -0.1) is 0 Å². The lowest BCUT2D eigenvalue weighted by Crippen LogP contribution is -2.30. The molecule has 0 aliphatic carbocycles. The topological polar surface area (TPSA) is 70.5 Å². The number of halogens is 2. The van der Waals surface area contributed by atoms with Crippen molar-refractivity contribution in [3.8, 4) is 0 Å². The van der Waals surface area contributed by atoms with Crippen LogP contribution in [0.4, 0.5) is 0 Å². The lowest BCUT2D eigenvalue weighted by Gasteiger charge is -2.16. The van der Waals surface area contributed by atoms with E-state index in [1.165, 1.54) is 16.6 Å². The third kappa shape index (κ3) is 2.63. The Morgan fingerprint density at radius 1 is 1.59 bits per heavy atom. The van der Waals surface area contributed by atoms with Gasteiger partial charge in [0.25, 0.3) is 0 Å². The zero-order chi connectivity index (χ0) is 12.6. The molecule has 0 radical (unpaired) electrons. The van der Waals surface area contributed by atoms with Gasteiger partial charge in [0.15, 0.2) is 0 Å². The quantitative estimate of drug-likeness (QED) is 0.822. The van der Waals surface area contributed by atoms with Gasteiger partial charge in [-0.1, -0.05) is 11.6 Å². The second-order valence-electron chi connectivity index (χ2n) is 3.75. The molecule has 1 fully saturated rings. The molecular weight excluding hydrogens is 332 g/mol. The fraction of sp³-hybridized carbons (Fsp3) is 0.444. The van der Waals surface area contributed by atoms with Gasteiger partial charge >= 0.3 is 0 Å². The minimum absolute atomic E-state index is 0.0392. The van der Waals surface area contributed by atoms with Crippen LogP contribution < -0.4 is 0 Å². The van der Waals surface area contributed by atoms with E-state index in [1.54, 1.807) is 0 Å². The van der Waals surface area contributed by atoms with Gasteiger partial charge < -0.3 is 5.11 Å². The molecule has 0 aromatic carbocycles. The number of β-amino-alcohol motifs (C(OH)–C–C–N with tert-alkyl or cyclic N) is 1. The Balaban J connectivity index is 2.41. The van der Waals surface area contributed by atoms with Crippen LogP contribution in [0.2, 0.25) is 5.15 Å². The van der Waals surface area contributed by atoms with E-state index in [-0.39, 0.29) is 16.6 Å². The maximum atomic E-state index is 12.2. The summed E-state index contributed by atoms with van der Waals surface area (Å²) >= 11 is 8.95. The van der Waals surface area contributed by atoms with Crippen LogP contribution in [0.25, 0.3) is 0 Å². The van der Waals surface area contributed by atoms with Crippen LogP contribution in [-0.4, -0.2) is 42.0 Å². The minimum Gasteiger partial charge on any atom is -0.392 e. The molecule has 0 bridgehead atoms. The summed E-state index contributed by atoms with van der Waals surface area (Å²) in [4.78, 5) is 3.75. The summed E-state index contributed by atoms with van der Waals surface area (Å²) in [7, 11) is -3.68. The molecular formula is C9H10BrClN2O3S. The fourth-order valence-corrected chi connectivity index (χ4v) is 4.07. The van der Waals surface area contributed by atoms with Gasteiger partial charge in [0.05, 0.1) is 6.10 Å². The van der Waals surface area contributed by atoms with Crippen molar-refractivity contribution < 1.29 is 13.5 Å². The molecule has 1 saturated heterocycles. The second kappa shape index (κ2) is 4.81. The predicted molar refractivity (Wildman–Crippen MR) is 66.3 cm³/mol. The summed E-state index contributed by atoms with van der Waals surface area (Å²) in [5, 5.41) is 9.31. The van der Waals surface area contributed by atoms with Crippen LogP contribution >= 0.6 is 27.5 Å². The van der Waals surface area contributed by atoms with Gasteiger partial charge in [-0.2, -0.15) is 4.31 Å². The molecule has 1 atom stereocenters. The van der Waals surface area contributed by atoms with Gasteiger partial charge in [-0.25, -0.2) is 13.4 Å². The van der Waals surface area contributed by atoms with Crippen molar-refractivity contribution in [2.45, 2.75) is 17.4 Å². The maximum absolute atomic E-state index is 12.2. The Kier molecular flexibility index (Phi) is 3.74. The third-order valence-electron chi connectivity index (χ3n) is 2.52. The number of nitrogens with zero attached hydrogens (tertiary/aromatic N) is 2. The van der Waals surface area contributed by atoms with E-state index in [2.05, 4.69) is 20.9 Å². The van der Waals surface area contributed by atoms with E-state index in [0.29, 0.717) is 17.4 Å². The van der Waals surface area contributed by atoms with E-state index < -0.39 is 16.1 Å². The van der Waals surface area contributed by atoms with Crippen LogP contribution in [0.1, 0.15) is 6.42 Å². The van der Waals surface area contributed by atoms with Gasteiger partial charge in [0.2, 0.25) is 10.0 Å². The summed E-state index contributed by atoms with van der Waals surface area (Å²) in [5.41, 5.74) is 0. The Morgan fingerprint density at radius 2 is 2.29 bits per heavy atom. The van der Waals surface area contributed by atoms with Crippen molar-refractivity contribution in [3.05, 3.63) is 21.9 Å². The zero-order valence-corrected chi connectivity index (χ0v) is 11.8.